The molecule has 0 heterocycles. The summed E-state index contributed by atoms with van der Waals surface area (Å²) in [6.45, 7) is 4.07. The van der Waals surface area contributed by atoms with E-state index in [-0.39, 0.29) is 0 Å². The van der Waals surface area contributed by atoms with E-state index in [4.69, 9.17) is 4.74 Å². The van der Waals surface area contributed by atoms with Crippen molar-refractivity contribution in [3.63, 3.8) is 0 Å². The highest BCUT2D eigenvalue weighted by atomic mass is 79.9. The van der Waals surface area contributed by atoms with Crippen LogP contribution < -0.4 is 4.74 Å². The van der Waals surface area contributed by atoms with E-state index in [0.29, 0.717) is 6.42 Å². The second kappa shape index (κ2) is 6.42. The third-order valence-electron chi connectivity index (χ3n) is 3.54. The summed E-state index contributed by atoms with van der Waals surface area (Å²) < 4.78 is 6.23. The fourth-order valence-electron chi connectivity index (χ4n) is 2.50. The van der Waals surface area contributed by atoms with Crippen LogP contribution in [0.25, 0.3) is 0 Å². The second-order valence-electron chi connectivity index (χ2n) is 4.98. The molecule has 2 nitrogen and oxygen atoms in total. The number of hydrogen-bond donors (Lipinski definition) is 1. The SMILES string of the molecule is COc1ccc(Br)c(CC(O)c2c(C)cccc2C)c1. The highest BCUT2D eigenvalue weighted by Gasteiger charge is 2.15. The minimum absolute atomic E-state index is 0.514. The maximum absolute atomic E-state index is 10.6. The Morgan fingerprint density at radius 3 is 2.40 bits per heavy atom. The van der Waals surface area contributed by atoms with Gasteiger partial charge in [0, 0.05) is 10.9 Å². The maximum Gasteiger partial charge on any atom is 0.119 e. The van der Waals surface area contributed by atoms with Gasteiger partial charge < -0.3 is 9.84 Å². The zero-order valence-corrected chi connectivity index (χ0v) is 13.6. The lowest BCUT2D eigenvalue weighted by Gasteiger charge is -2.17. The van der Waals surface area contributed by atoms with E-state index < -0.39 is 6.10 Å². The molecular weight excluding hydrogens is 316 g/mol. The average Bonchev–Trinajstić information content (AvgIpc) is 2.41. The molecule has 0 aliphatic carbocycles. The maximum atomic E-state index is 10.6. The predicted octanol–water partition coefficient (Wildman–Crippen LogP) is 4.35. The van der Waals surface area contributed by atoms with E-state index in [0.717, 1.165) is 32.5 Å². The summed E-state index contributed by atoms with van der Waals surface area (Å²) in [6.07, 6.45) is 0.0448. The number of aliphatic hydroxyl groups excluding tert-OH is 1. The molecule has 0 radical (unpaired) electrons. The van der Waals surface area contributed by atoms with Crippen LogP contribution in [-0.4, -0.2) is 12.2 Å². The van der Waals surface area contributed by atoms with Gasteiger partial charge >= 0.3 is 0 Å². The van der Waals surface area contributed by atoms with Crippen molar-refractivity contribution < 1.29 is 9.84 Å². The van der Waals surface area contributed by atoms with Gasteiger partial charge in [0.25, 0.3) is 0 Å². The molecule has 0 aromatic heterocycles. The second-order valence-corrected chi connectivity index (χ2v) is 5.84. The van der Waals surface area contributed by atoms with Gasteiger partial charge in [-0.15, -0.1) is 0 Å². The van der Waals surface area contributed by atoms with Gasteiger partial charge in [0.05, 0.1) is 13.2 Å². The Bertz CT molecular complexity index is 588. The summed E-state index contributed by atoms with van der Waals surface area (Å²) >= 11 is 3.53. The Labute approximate surface area is 128 Å². The van der Waals surface area contributed by atoms with Crippen LogP contribution in [-0.2, 0) is 6.42 Å². The van der Waals surface area contributed by atoms with Crippen LogP contribution in [0.5, 0.6) is 5.75 Å². The first kappa shape index (κ1) is 15.1. The molecule has 0 amide bonds. The number of ether oxygens (including phenoxy) is 1. The zero-order valence-electron chi connectivity index (χ0n) is 12.0. The van der Waals surface area contributed by atoms with Crippen molar-refractivity contribution in [3.8, 4) is 5.75 Å². The molecule has 106 valence electrons. The lowest BCUT2D eigenvalue weighted by Crippen LogP contribution is -2.06. The van der Waals surface area contributed by atoms with E-state index in [1.165, 1.54) is 0 Å². The molecule has 20 heavy (non-hydrogen) atoms. The monoisotopic (exact) mass is 334 g/mol. The molecule has 0 saturated heterocycles. The number of benzene rings is 2. The van der Waals surface area contributed by atoms with Crippen molar-refractivity contribution in [2.45, 2.75) is 26.4 Å². The first-order valence-corrected chi connectivity index (χ1v) is 7.39. The summed E-state index contributed by atoms with van der Waals surface area (Å²) in [7, 11) is 1.65. The van der Waals surface area contributed by atoms with Crippen LogP contribution in [0.1, 0.15) is 28.4 Å². The van der Waals surface area contributed by atoms with E-state index in [2.05, 4.69) is 15.9 Å². The Hall–Kier alpha value is -1.32. The van der Waals surface area contributed by atoms with Gasteiger partial charge in [-0.2, -0.15) is 0 Å². The molecule has 2 aromatic carbocycles. The number of methoxy groups -OCH3 is 1. The molecule has 0 bridgehead atoms. The summed E-state index contributed by atoms with van der Waals surface area (Å²) in [5.74, 6) is 0.803. The molecule has 0 saturated carbocycles. The van der Waals surface area contributed by atoms with E-state index in [9.17, 15) is 5.11 Å². The highest BCUT2D eigenvalue weighted by molar-refractivity contribution is 9.10. The Morgan fingerprint density at radius 2 is 1.80 bits per heavy atom. The lowest BCUT2D eigenvalue weighted by atomic mass is 9.94. The molecule has 3 heteroatoms. The first-order chi connectivity index (χ1) is 9.52. The number of rotatable bonds is 4. The summed E-state index contributed by atoms with van der Waals surface area (Å²) in [6, 6.07) is 11.9. The van der Waals surface area contributed by atoms with Crippen LogP contribution >= 0.6 is 15.9 Å². The third-order valence-corrected chi connectivity index (χ3v) is 4.32. The average molecular weight is 335 g/mol. The molecule has 0 fully saturated rings. The van der Waals surface area contributed by atoms with Gasteiger partial charge in [-0.1, -0.05) is 34.1 Å². The largest absolute Gasteiger partial charge is 0.497 e. The molecule has 2 rings (SSSR count). The third kappa shape index (κ3) is 3.22. The summed E-state index contributed by atoms with van der Waals surface area (Å²) in [5.41, 5.74) is 4.30. The van der Waals surface area contributed by atoms with Gasteiger partial charge in [0.15, 0.2) is 0 Å². The standard InChI is InChI=1S/C17H19BrO2/c1-11-5-4-6-12(2)17(11)16(19)10-13-9-14(20-3)7-8-15(13)18/h4-9,16,19H,10H2,1-3H3. The van der Waals surface area contributed by atoms with Crippen LogP contribution in [0.15, 0.2) is 40.9 Å². The summed E-state index contributed by atoms with van der Waals surface area (Å²) in [4.78, 5) is 0. The van der Waals surface area contributed by atoms with Crippen molar-refractivity contribution >= 4 is 15.9 Å². The van der Waals surface area contributed by atoms with Gasteiger partial charge in [-0.05, 0) is 54.3 Å². The minimum Gasteiger partial charge on any atom is -0.497 e. The van der Waals surface area contributed by atoms with Gasteiger partial charge in [-0.25, -0.2) is 0 Å². The number of halogens is 1. The smallest absolute Gasteiger partial charge is 0.119 e. The van der Waals surface area contributed by atoms with Gasteiger partial charge in [0.1, 0.15) is 5.75 Å². The van der Waals surface area contributed by atoms with Crippen molar-refractivity contribution in [1.29, 1.82) is 0 Å². The van der Waals surface area contributed by atoms with Crippen molar-refractivity contribution in [1.82, 2.24) is 0 Å². The molecule has 0 spiro atoms. The van der Waals surface area contributed by atoms with Crippen LogP contribution in [0, 0.1) is 13.8 Å². The van der Waals surface area contributed by atoms with E-state index in [1.54, 1.807) is 7.11 Å². The fraction of sp³-hybridized carbons (Fsp3) is 0.294. The molecule has 0 aliphatic rings. The Kier molecular flexibility index (Phi) is 4.84. The first-order valence-electron chi connectivity index (χ1n) is 6.59. The van der Waals surface area contributed by atoms with Gasteiger partial charge in [-0.3, -0.25) is 0 Å². The van der Waals surface area contributed by atoms with Crippen LogP contribution in [0.3, 0.4) is 0 Å². The topological polar surface area (TPSA) is 29.5 Å². The number of aryl methyl sites for hydroxylation is 2. The van der Waals surface area contributed by atoms with Crippen molar-refractivity contribution in [3.05, 3.63) is 63.1 Å². The number of hydrogen-bond acceptors (Lipinski definition) is 2. The zero-order chi connectivity index (χ0) is 14.7. The van der Waals surface area contributed by atoms with Crippen molar-refractivity contribution in [2.75, 3.05) is 7.11 Å². The Morgan fingerprint density at radius 1 is 1.15 bits per heavy atom. The molecule has 1 unspecified atom stereocenters. The van der Waals surface area contributed by atoms with Crippen molar-refractivity contribution in [2.24, 2.45) is 0 Å². The Balaban J connectivity index is 2.30. The molecule has 0 aliphatic heterocycles. The molecule has 1 N–H and O–H groups in total. The highest BCUT2D eigenvalue weighted by Crippen LogP contribution is 2.29. The molecule has 1 atom stereocenters. The normalized spacial score (nSPS) is 12.2. The number of aliphatic hydroxyl groups is 1. The van der Waals surface area contributed by atoms with E-state index in [1.807, 2.05) is 50.2 Å². The van der Waals surface area contributed by atoms with Crippen LogP contribution in [0.4, 0.5) is 0 Å². The predicted molar refractivity (Wildman–Crippen MR) is 85.3 cm³/mol. The lowest BCUT2D eigenvalue weighted by molar-refractivity contribution is 0.176. The molecule has 2 aromatic rings. The van der Waals surface area contributed by atoms with Gasteiger partial charge in [0.2, 0.25) is 0 Å². The quantitative estimate of drug-likeness (QED) is 0.900. The van der Waals surface area contributed by atoms with E-state index >= 15 is 0 Å². The minimum atomic E-state index is -0.514. The summed E-state index contributed by atoms with van der Waals surface area (Å²) in [5, 5.41) is 10.6. The van der Waals surface area contributed by atoms with Crippen LogP contribution in [0.2, 0.25) is 0 Å². The fourth-order valence-corrected chi connectivity index (χ4v) is 2.91. The molecular formula is C17H19BrO2.